The third-order valence-corrected chi connectivity index (χ3v) is 9.87. The standard InChI is InChI=1S/C22H30O3Si/c1-18(23)21(24)16-11-17-25-26(22(2,3)4,19-12-7-5-8-13-19)20-14-9-6-10-15-20/h5-10,12-15,21,24H,11,16-17H2,1-4H3. The van der Waals surface area contributed by atoms with E-state index in [4.69, 9.17) is 4.43 Å². The quantitative estimate of drug-likeness (QED) is 0.573. The van der Waals surface area contributed by atoms with Crippen LogP contribution in [-0.4, -0.2) is 31.9 Å². The molecule has 0 saturated heterocycles. The molecule has 140 valence electrons. The lowest BCUT2D eigenvalue weighted by molar-refractivity contribution is -0.125. The minimum atomic E-state index is -2.52. The van der Waals surface area contributed by atoms with Crippen LogP contribution in [0.15, 0.2) is 60.7 Å². The van der Waals surface area contributed by atoms with Gasteiger partial charge in [0, 0.05) is 6.61 Å². The zero-order chi connectivity index (χ0) is 19.2. The van der Waals surface area contributed by atoms with Crippen molar-refractivity contribution in [1.29, 1.82) is 0 Å². The van der Waals surface area contributed by atoms with E-state index in [2.05, 4.69) is 69.3 Å². The van der Waals surface area contributed by atoms with Gasteiger partial charge < -0.3 is 9.53 Å². The van der Waals surface area contributed by atoms with Crippen LogP contribution in [0.5, 0.6) is 0 Å². The highest BCUT2D eigenvalue weighted by atomic mass is 28.4. The zero-order valence-electron chi connectivity index (χ0n) is 16.2. The summed E-state index contributed by atoms with van der Waals surface area (Å²) in [5.74, 6) is -0.185. The molecule has 0 spiro atoms. The number of aliphatic hydroxyl groups excluding tert-OH is 1. The summed E-state index contributed by atoms with van der Waals surface area (Å²) in [7, 11) is -2.52. The number of hydrogen-bond acceptors (Lipinski definition) is 3. The van der Waals surface area contributed by atoms with Crippen molar-refractivity contribution >= 4 is 24.5 Å². The van der Waals surface area contributed by atoms with Gasteiger partial charge in [0.25, 0.3) is 8.32 Å². The number of Topliss-reactive ketones (excluding diaryl/α,β-unsaturated/α-hetero) is 1. The third kappa shape index (κ3) is 4.50. The van der Waals surface area contributed by atoms with Gasteiger partial charge in [0.1, 0.15) is 6.10 Å². The molecule has 1 atom stereocenters. The summed E-state index contributed by atoms with van der Waals surface area (Å²) in [4.78, 5) is 11.3. The van der Waals surface area contributed by atoms with Crippen molar-refractivity contribution in [2.24, 2.45) is 0 Å². The Morgan fingerprint density at radius 3 is 1.85 bits per heavy atom. The Morgan fingerprint density at radius 2 is 1.46 bits per heavy atom. The Hall–Kier alpha value is -1.75. The van der Waals surface area contributed by atoms with Gasteiger partial charge >= 0.3 is 0 Å². The SMILES string of the molecule is CC(=O)C(O)CCCO[Si](c1ccccc1)(c1ccccc1)C(C)(C)C. The first-order valence-electron chi connectivity index (χ1n) is 9.22. The monoisotopic (exact) mass is 370 g/mol. The first-order valence-corrected chi connectivity index (χ1v) is 11.1. The van der Waals surface area contributed by atoms with Crippen LogP contribution in [0, 0.1) is 0 Å². The fourth-order valence-electron chi connectivity index (χ4n) is 3.47. The van der Waals surface area contributed by atoms with Gasteiger partial charge in [-0.25, -0.2) is 0 Å². The van der Waals surface area contributed by atoms with E-state index < -0.39 is 14.4 Å². The van der Waals surface area contributed by atoms with Crippen molar-refractivity contribution in [3.05, 3.63) is 60.7 Å². The van der Waals surface area contributed by atoms with Crippen molar-refractivity contribution in [3.8, 4) is 0 Å². The van der Waals surface area contributed by atoms with Crippen molar-refractivity contribution < 1.29 is 14.3 Å². The van der Waals surface area contributed by atoms with E-state index in [1.807, 2.05) is 12.1 Å². The van der Waals surface area contributed by atoms with Crippen LogP contribution >= 0.6 is 0 Å². The molecule has 0 aliphatic carbocycles. The summed E-state index contributed by atoms with van der Waals surface area (Å²) < 4.78 is 6.71. The second-order valence-electron chi connectivity index (χ2n) is 7.78. The van der Waals surface area contributed by atoms with Crippen molar-refractivity contribution in [2.75, 3.05) is 6.61 Å². The van der Waals surface area contributed by atoms with Crippen LogP contribution in [0.4, 0.5) is 0 Å². The molecule has 0 saturated carbocycles. The molecule has 0 radical (unpaired) electrons. The topological polar surface area (TPSA) is 46.5 Å². The highest BCUT2D eigenvalue weighted by molar-refractivity contribution is 6.99. The largest absolute Gasteiger partial charge is 0.407 e. The summed E-state index contributed by atoms with van der Waals surface area (Å²) >= 11 is 0. The molecular weight excluding hydrogens is 340 g/mol. The normalized spacial score (nSPS) is 13.4. The van der Waals surface area contributed by atoms with Gasteiger partial charge in [0.2, 0.25) is 0 Å². The number of ketones is 1. The van der Waals surface area contributed by atoms with Gasteiger partial charge in [0.05, 0.1) is 0 Å². The predicted molar refractivity (Wildman–Crippen MR) is 109 cm³/mol. The maximum absolute atomic E-state index is 11.3. The molecule has 0 aromatic heterocycles. The molecule has 0 aliphatic rings. The fourth-order valence-corrected chi connectivity index (χ4v) is 8.07. The average molecular weight is 371 g/mol. The third-order valence-electron chi connectivity index (χ3n) is 4.83. The van der Waals surface area contributed by atoms with E-state index in [1.165, 1.54) is 17.3 Å². The van der Waals surface area contributed by atoms with Gasteiger partial charge in [-0.3, -0.25) is 4.79 Å². The minimum absolute atomic E-state index is 0.0606. The Balaban J connectivity index is 2.36. The molecule has 0 fully saturated rings. The van der Waals surface area contributed by atoms with Gasteiger partial charge in [-0.05, 0) is 35.2 Å². The molecular formula is C22H30O3Si. The van der Waals surface area contributed by atoms with E-state index in [-0.39, 0.29) is 10.8 Å². The van der Waals surface area contributed by atoms with Crippen LogP contribution in [0.25, 0.3) is 0 Å². The molecule has 2 rings (SSSR count). The minimum Gasteiger partial charge on any atom is -0.407 e. The van der Waals surface area contributed by atoms with E-state index in [0.29, 0.717) is 19.4 Å². The molecule has 0 amide bonds. The molecule has 1 unspecified atom stereocenters. The van der Waals surface area contributed by atoms with Gasteiger partial charge in [-0.2, -0.15) is 0 Å². The molecule has 2 aromatic rings. The maximum Gasteiger partial charge on any atom is 0.261 e. The average Bonchev–Trinajstić information content (AvgIpc) is 2.62. The number of aliphatic hydroxyl groups is 1. The number of carbonyl (C=O) groups excluding carboxylic acids is 1. The maximum atomic E-state index is 11.3. The summed E-state index contributed by atoms with van der Waals surface area (Å²) in [6, 6.07) is 21.0. The second-order valence-corrected chi connectivity index (χ2v) is 12.1. The molecule has 0 aliphatic heterocycles. The Morgan fingerprint density at radius 1 is 1.00 bits per heavy atom. The predicted octanol–water partition coefficient (Wildman–Crippen LogP) is 3.29. The van der Waals surface area contributed by atoms with Gasteiger partial charge in [0.15, 0.2) is 5.78 Å². The van der Waals surface area contributed by atoms with Gasteiger partial charge in [-0.15, -0.1) is 0 Å². The Bertz CT molecular complexity index is 653. The number of hydrogen-bond donors (Lipinski definition) is 1. The molecule has 1 N–H and O–H groups in total. The van der Waals surface area contributed by atoms with Crippen LogP contribution in [0.3, 0.4) is 0 Å². The van der Waals surface area contributed by atoms with Crippen LogP contribution in [-0.2, 0) is 9.22 Å². The highest BCUT2D eigenvalue weighted by Gasteiger charge is 2.49. The van der Waals surface area contributed by atoms with Crippen molar-refractivity contribution in [3.63, 3.8) is 0 Å². The lowest BCUT2D eigenvalue weighted by Crippen LogP contribution is -2.66. The first kappa shape index (κ1) is 20.6. The highest BCUT2D eigenvalue weighted by Crippen LogP contribution is 2.36. The first-order chi connectivity index (χ1) is 12.3. The van der Waals surface area contributed by atoms with Crippen LogP contribution < -0.4 is 10.4 Å². The van der Waals surface area contributed by atoms with Crippen molar-refractivity contribution in [1.82, 2.24) is 0 Å². The smallest absolute Gasteiger partial charge is 0.261 e. The number of rotatable bonds is 8. The molecule has 4 heteroatoms. The van der Waals surface area contributed by atoms with E-state index >= 15 is 0 Å². The molecule has 2 aromatic carbocycles. The molecule has 3 nitrogen and oxygen atoms in total. The van der Waals surface area contributed by atoms with E-state index in [1.54, 1.807) is 0 Å². The molecule has 0 bridgehead atoms. The van der Waals surface area contributed by atoms with E-state index in [9.17, 15) is 9.90 Å². The van der Waals surface area contributed by atoms with Crippen LogP contribution in [0.1, 0.15) is 40.5 Å². The lowest BCUT2D eigenvalue weighted by atomic mass is 10.1. The molecule has 0 heterocycles. The summed E-state index contributed by atoms with van der Waals surface area (Å²) in [6.07, 6.45) is 0.205. The fraction of sp³-hybridized carbons (Fsp3) is 0.409. The van der Waals surface area contributed by atoms with Gasteiger partial charge in [-0.1, -0.05) is 81.4 Å². The van der Waals surface area contributed by atoms with Crippen LogP contribution in [0.2, 0.25) is 5.04 Å². The zero-order valence-corrected chi connectivity index (χ0v) is 17.2. The molecule has 26 heavy (non-hydrogen) atoms. The Labute approximate surface area is 158 Å². The second kappa shape index (κ2) is 8.76. The number of carbonyl (C=O) groups is 1. The Kier molecular flexibility index (Phi) is 6.92. The van der Waals surface area contributed by atoms with E-state index in [0.717, 1.165) is 0 Å². The number of benzene rings is 2. The lowest BCUT2D eigenvalue weighted by Gasteiger charge is -2.43. The summed E-state index contributed by atoms with van der Waals surface area (Å²) in [6.45, 7) is 8.67. The summed E-state index contributed by atoms with van der Waals surface area (Å²) in [5.41, 5.74) is 0. The van der Waals surface area contributed by atoms with Crippen molar-refractivity contribution in [2.45, 2.75) is 51.7 Å². The summed E-state index contributed by atoms with van der Waals surface area (Å²) in [5, 5.41) is 12.2.